The van der Waals surface area contributed by atoms with Gasteiger partial charge in [-0.2, -0.15) is 0 Å². The molecule has 4 aliphatic rings. The van der Waals surface area contributed by atoms with Crippen molar-refractivity contribution >= 4 is 28.0 Å². The molecule has 0 spiro atoms. The number of imidazole rings is 2. The molecule has 1 aromatic carbocycles. The molecule has 0 unspecified atom stereocenters. The number of benzene rings is 1. The van der Waals surface area contributed by atoms with E-state index in [4.69, 9.17) is 24.9 Å². The molecule has 2 aliphatic heterocycles. The van der Waals surface area contributed by atoms with Crippen LogP contribution >= 0.6 is 0 Å². The summed E-state index contributed by atoms with van der Waals surface area (Å²) in [6.07, 6.45) is 10.6. The fourth-order valence-electron chi connectivity index (χ4n) is 7.71. The third kappa shape index (κ3) is 4.72. The van der Waals surface area contributed by atoms with E-state index in [9.17, 15) is 0 Å². The summed E-state index contributed by atoms with van der Waals surface area (Å²) >= 11 is 0. The lowest BCUT2D eigenvalue weighted by Gasteiger charge is -2.42. The number of aromatic nitrogens is 6. The van der Waals surface area contributed by atoms with Gasteiger partial charge in [-0.3, -0.25) is 4.57 Å². The highest BCUT2D eigenvalue weighted by Gasteiger charge is 2.56. The van der Waals surface area contributed by atoms with Crippen LogP contribution in [0, 0.1) is 5.92 Å². The van der Waals surface area contributed by atoms with E-state index in [-0.39, 0.29) is 18.3 Å². The molecule has 43 heavy (non-hydrogen) atoms. The Balaban J connectivity index is 0.884. The second kappa shape index (κ2) is 9.95. The molecule has 3 N–H and O–H groups in total. The Labute approximate surface area is 251 Å². The maximum absolute atomic E-state index is 6.62. The van der Waals surface area contributed by atoms with Crippen LogP contribution in [-0.2, 0) is 26.0 Å². The van der Waals surface area contributed by atoms with Crippen LogP contribution in [0.15, 0.2) is 30.9 Å². The number of nitrogens with one attached hydrogen (secondary N) is 1. The molecule has 4 atom stereocenters. The Morgan fingerprint density at radius 2 is 1.91 bits per heavy atom. The van der Waals surface area contributed by atoms with Crippen molar-refractivity contribution in [3.05, 3.63) is 42.2 Å². The lowest BCUT2D eigenvalue weighted by atomic mass is 9.66. The van der Waals surface area contributed by atoms with Crippen molar-refractivity contribution in [2.75, 3.05) is 19.3 Å². The molecule has 8 rings (SSSR count). The molecule has 2 saturated heterocycles. The number of rotatable bonds is 8. The van der Waals surface area contributed by atoms with Crippen LogP contribution in [0.3, 0.4) is 0 Å². The largest absolute Gasteiger partial charge is 0.382 e. The second-order valence-corrected chi connectivity index (χ2v) is 14.0. The molecule has 2 aliphatic carbocycles. The first kappa shape index (κ1) is 27.4. The predicted octanol–water partition coefficient (Wildman–Crippen LogP) is 4.49. The average molecular weight is 587 g/mol. The van der Waals surface area contributed by atoms with E-state index in [1.807, 2.05) is 18.4 Å². The van der Waals surface area contributed by atoms with Crippen LogP contribution in [0.25, 0.3) is 22.2 Å². The molecule has 2 saturated carbocycles. The topological polar surface area (TPSA) is 129 Å². The highest BCUT2D eigenvalue weighted by Crippen LogP contribution is 2.45. The third-order valence-corrected chi connectivity index (χ3v) is 10.6. The highest BCUT2D eigenvalue weighted by molar-refractivity contribution is 5.81. The van der Waals surface area contributed by atoms with Crippen LogP contribution in [0.2, 0.25) is 0 Å². The highest BCUT2D eigenvalue weighted by atomic mass is 16.8. The molecule has 11 heteroatoms. The monoisotopic (exact) mass is 586 g/mol. The quantitative estimate of drug-likeness (QED) is 0.307. The first-order chi connectivity index (χ1) is 20.7. The Bertz CT molecular complexity index is 1650. The zero-order valence-corrected chi connectivity index (χ0v) is 25.5. The van der Waals surface area contributed by atoms with Gasteiger partial charge in [0.15, 0.2) is 23.5 Å². The maximum atomic E-state index is 6.62. The minimum atomic E-state index is -0.687. The van der Waals surface area contributed by atoms with Gasteiger partial charge in [-0.05, 0) is 82.0 Å². The number of H-pyrrole nitrogens is 1. The smallest absolute Gasteiger partial charge is 0.167 e. The van der Waals surface area contributed by atoms with E-state index in [1.54, 1.807) is 6.33 Å². The summed E-state index contributed by atoms with van der Waals surface area (Å²) in [5.74, 6) is 1.49. The molecule has 0 bridgehead atoms. The molecule has 5 heterocycles. The van der Waals surface area contributed by atoms with Gasteiger partial charge < -0.3 is 29.8 Å². The van der Waals surface area contributed by atoms with Crippen molar-refractivity contribution in [1.82, 2.24) is 34.4 Å². The molecule has 0 radical (unpaired) electrons. The van der Waals surface area contributed by atoms with Crippen LogP contribution in [-0.4, -0.2) is 78.1 Å². The van der Waals surface area contributed by atoms with Crippen LogP contribution in [0.1, 0.15) is 76.9 Å². The number of ether oxygens (including phenoxy) is 3. The van der Waals surface area contributed by atoms with Gasteiger partial charge in [0.25, 0.3) is 0 Å². The Kier molecular flexibility index (Phi) is 6.35. The fraction of sp³-hybridized carbons (Fsp3) is 0.625. The number of anilines is 1. The molecular formula is C32H42N8O3. The number of nitrogen functional groups attached to an aromatic ring is 1. The van der Waals surface area contributed by atoms with Crippen molar-refractivity contribution in [3.63, 3.8) is 0 Å². The Morgan fingerprint density at radius 3 is 2.70 bits per heavy atom. The number of aromatic amines is 1. The van der Waals surface area contributed by atoms with Gasteiger partial charge in [-0.25, -0.2) is 19.9 Å². The van der Waals surface area contributed by atoms with Crippen LogP contribution < -0.4 is 5.73 Å². The number of hydrogen-bond acceptors (Lipinski definition) is 9. The molecule has 4 aromatic rings. The van der Waals surface area contributed by atoms with E-state index in [2.05, 4.69) is 57.0 Å². The van der Waals surface area contributed by atoms with Gasteiger partial charge in [0.05, 0.1) is 17.4 Å². The summed E-state index contributed by atoms with van der Waals surface area (Å²) in [6, 6.07) is 7.34. The van der Waals surface area contributed by atoms with E-state index in [1.165, 1.54) is 49.5 Å². The lowest BCUT2D eigenvalue weighted by molar-refractivity contribution is -0.198. The molecule has 11 nitrogen and oxygen atoms in total. The van der Waals surface area contributed by atoms with E-state index in [0.29, 0.717) is 34.4 Å². The van der Waals surface area contributed by atoms with Crippen LogP contribution in [0.4, 0.5) is 5.82 Å². The molecule has 3 aromatic heterocycles. The standard InChI is InChI=1S/C32H42N8O3/c1-31(2)42-26-23(41-30(27(26)43-31)40-17-36-25-28(33)34-16-35-29(25)40)15-39(4)20-12-18(13-20)6-9-24-37-21-8-7-19(14-22(21)38-24)32(3)10-5-11-32/h7-8,14,16-18,20,23,26-27,30H,5-6,9-13,15H2,1-4H3,(H,37,38)(H2,33,34,35)/t18?,20?,23-,26-,27+,30-/m1/s1. The average Bonchev–Trinajstić information content (AvgIpc) is 3.68. The number of hydrogen-bond donors (Lipinski definition) is 2. The van der Waals surface area contributed by atoms with Crippen molar-refractivity contribution in [2.45, 2.75) is 108 Å². The van der Waals surface area contributed by atoms with Gasteiger partial charge in [-0.15, -0.1) is 0 Å². The minimum absolute atomic E-state index is 0.139. The zero-order chi connectivity index (χ0) is 29.5. The fourth-order valence-corrected chi connectivity index (χ4v) is 7.71. The summed E-state index contributed by atoms with van der Waals surface area (Å²) in [5, 5.41) is 0. The summed E-state index contributed by atoms with van der Waals surface area (Å²) in [4.78, 5) is 23.9. The van der Waals surface area contributed by atoms with E-state index >= 15 is 0 Å². The Hall–Kier alpha value is -3.12. The van der Waals surface area contributed by atoms with Gasteiger partial charge >= 0.3 is 0 Å². The molecule has 228 valence electrons. The van der Waals surface area contributed by atoms with Gasteiger partial charge in [0, 0.05) is 19.0 Å². The first-order valence-corrected chi connectivity index (χ1v) is 15.8. The number of aryl methyl sites for hydroxylation is 1. The number of likely N-dealkylation sites (N-methyl/N-ethyl adjacent to an activating group) is 1. The molecular weight excluding hydrogens is 544 g/mol. The van der Waals surface area contributed by atoms with Crippen LogP contribution in [0.5, 0.6) is 0 Å². The van der Waals surface area contributed by atoms with E-state index in [0.717, 1.165) is 30.7 Å². The van der Waals surface area contributed by atoms with Crippen molar-refractivity contribution in [2.24, 2.45) is 5.92 Å². The van der Waals surface area contributed by atoms with Crippen molar-refractivity contribution < 1.29 is 14.2 Å². The van der Waals surface area contributed by atoms with Crippen molar-refractivity contribution in [1.29, 1.82) is 0 Å². The molecule has 0 amide bonds. The third-order valence-electron chi connectivity index (χ3n) is 10.6. The summed E-state index contributed by atoms with van der Waals surface area (Å²) < 4.78 is 21.2. The summed E-state index contributed by atoms with van der Waals surface area (Å²) in [6.45, 7) is 7.07. The minimum Gasteiger partial charge on any atom is -0.382 e. The first-order valence-electron chi connectivity index (χ1n) is 15.8. The Morgan fingerprint density at radius 1 is 1.09 bits per heavy atom. The second-order valence-electron chi connectivity index (χ2n) is 14.0. The van der Waals surface area contributed by atoms with E-state index < -0.39 is 12.0 Å². The van der Waals surface area contributed by atoms with Gasteiger partial charge in [-0.1, -0.05) is 19.4 Å². The molecule has 4 fully saturated rings. The SMILES string of the molecule is CN(C[C@H]1O[C@@H](n2cnc3c(N)ncnc32)[C@H]2OC(C)(C)O[C@@H]21)C1CC(CCc2nc3ccc(C4(C)CCC4)cc3[nH]2)C1. The zero-order valence-electron chi connectivity index (χ0n) is 25.5. The number of fused-ring (bicyclic) bond motifs is 3. The van der Waals surface area contributed by atoms with Gasteiger partial charge in [0.1, 0.15) is 36.0 Å². The maximum Gasteiger partial charge on any atom is 0.167 e. The van der Waals surface area contributed by atoms with Crippen molar-refractivity contribution in [3.8, 4) is 0 Å². The normalized spacial score (nSPS) is 31.0. The summed E-state index contributed by atoms with van der Waals surface area (Å²) in [5.41, 5.74) is 11.3. The summed E-state index contributed by atoms with van der Waals surface area (Å²) in [7, 11) is 2.20. The number of nitrogens with zero attached hydrogens (tertiary/aromatic N) is 6. The lowest BCUT2D eigenvalue weighted by Crippen LogP contribution is -2.48. The predicted molar refractivity (Wildman–Crippen MR) is 162 cm³/mol. The van der Waals surface area contributed by atoms with Gasteiger partial charge in [0.2, 0.25) is 0 Å². The number of nitrogens with two attached hydrogens (primary N) is 1.